The van der Waals surface area contributed by atoms with Crippen LogP contribution in [0.3, 0.4) is 0 Å². The van der Waals surface area contributed by atoms with E-state index in [9.17, 15) is 10.1 Å². The summed E-state index contributed by atoms with van der Waals surface area (Å²) in [5, 5.41) is 15.8. The van der Waals surface area contributed by atoms with Gasteiger partial charge in [-0.05, 0) is 18.2 Å². The van der Waals surface area contributed by atoms with Gasteiger partial charge in [0.15, 0.2) is 0 Å². The van der Waals surface area contributed by atoms with Gasteiger partial charge in [-0.2, -0.15) is 5.10 Å². The summed E-state index contributed by atoms with van der Waals surface area (Å²) in [7, 11) is 0. The number of nitro groups is 1. The Bertz CT molecular complexity index is 737. The molecule has 94 valence electrons. The smallest absolute Gasteiger partial charge is 0.266 e. The Kier molecular flexibility index (Phi) is 2.68. The molecule has 0 spiro atoms. The fraction of sp³-hybridized carbons (Fsp3) is 0.0769. The van der Waals surface area contributed by atoms with Gasteiger partial charge in [-0.1, -0.05) is 6.07 Å². The fourth-order valence-corrected chi connectivity index (χ4v) is 1.92. The topological polar surface area (TPSA) is 73.8 Å². The first-order valence-corrected chi connectivity index (χ1v) is 5.74. The average molecular weight is 254 g/mol. The largest absolute Gasteiger partial charge is 0.270 e. The number of nitro benzene ring substituents is 1. The molecule has 0 N–H and O–H groups in total. The molecule has 2 aromatic heterocycles. The lowest BCUT2D eigenvalue weighted by Gasteiger charge is -1.99. The number of nitrogens with zero attached hydrogens (tertiary/aromatic N) is 4. The summed E-state index contributed by atoms with van der Waals surface area (Å²) in [5.41, 5.74) is 1.70. The van der Waals surface area contributed by atoms with E-state index in [-0.39, 0.29) is 5.69 Å². The van der Waals surface area contributed by atoms with E-state index < -0.39 is 4.92 Å². The van der Waals surface area contributed by atoms with Gasteiger partial charge in [0.25, 0.3) is 5.69 Å². The number of rotatable bonds is 3. The van der Waals surface area contributed by atoms with Crippen molar-refractivity contribution in [1.82, 2.24) is 14.8 Å². The molecule has 1 aromatic carbocycles. The monoisotopic (exact) mass is 254 g/mol. The van der Waals surface area contributed by atoms with Crippen molar-refractivity contribution in [3.8, 4) is 0 Å². The number of benzene rings is 1. The van der Waals surface area contributed by atoms with Crippen LogP contribution in [0.5, 0.6) is 0 Å². The van der Waals surface area contributed by atoms with Crippen molar-refractivity contribution in [3.63, 3.8) is 0 Å². The van der Waals surface area contributed by atoms with Crippen molar-refractivity contribution in [2.24, 2.45) is 0 Å². The van der Waals surface area contributed by atoms with E-state index in [4.69, 9.17) is 0 Å². The van der Waals surface area contributed by atoms with Crippen LogP contribution in [0.4, 0.5) is 5.69 Å². The summed E-state index contributed by atoms with van der Waals surface area (Å²) in [5.74, 6) is 0. The molecule has 0 unspecified atom stereocenters. The van der Waals surface area contributed by atoms with E-state index in [0.29, 0.717) is 6.54 Å². The molecule has 2 heterocycles. The van der Waals surface area contributed by atoms with Gasteiger partial charge in [0.2, 0.25) is 0 Å². The van der Waals surface area contributed by atoms with Crippen LogP contribution in [0.15, 0.2) is 48.8 Å². The minimum Gasteiger partial charge on any atom is -0.266 e. The second-order valence-corrected chi connectivity index (χ2v) is 4.15. The molecule has 6 heteroatoms. The van der Waals surface area contributed by atoms with Crippen molar-refractivity contribution in [1.29, 1.82) is 0 Å². The van der Waals surface area contributed by atoms with Crippen LogP contribution < -0.4 is 0 Å². The van der Waals surface area contributed by atoms with Crippen LogP contribution in [-0.4, -0.2) is 19.7 Å². The molecule has 0 aliphatic carbocycles. The zero-order valence-corrected chi connectivity index (χ0v) is 9.93. The molecule has 0 aliphatic rings. The second-order valence-electron chi connectivity index (χ2n) is 4.15. The lowest BCUT2D eigenvalue weighted by atomic mass is 10.2. The molecule has 0 atom stereocenters. The molecule has 19 heavy (non-hydrogen) atoms. The highest BCUT2D eigenvalue weighted by Gasteiger charge is 2.08. The molecule has 0 saturated heterocycles. The Morgan fingerprint density at radius 1 is 1.26 bits per heavy atom. The van der Waals surface area contributed by atoms with Gasteiger partial charge in [-0.25, -0.2) is 0 Å². The van der Waals surface area contributed by atoms with Gasteiger partial charge in [0.1, 0.15) is 0 Å². The first-order chi connectivity index (χ1) is 9.22. The van der Waals surface area contributed by atoms with Gasteiger partial charge in [-0.15, -0.1) is 0 Å². The minimum absolute atomic E-state index is 0.0740. The molecule has 0 aliphatic heterocycles. The standard InChI is InChI=1S/C13H10N4O2/c18-17(19)12-4-5-13-10(7-12)8-16(15-13)9-11-3-1-2-6-14-11/h1-8H,9H2. The van der Waals surface area contributed by atoms with Crippen LogP contribution in [0.2, 0.25) is 0 Å². The van der Waals surface area contributed by atoms with E-state index in [1.54, 1.807) is 23.1 Å². The van der Waals surface area contributed by atoms with E-state index in [0.717, 1.165) is 16.6 Å². The highest BCUT2D eigenvalue weighted by molar-refractivity contribution is 5.80. The number of fused-ring (bicyclic) bond motifs is 1. The van der Waals surface area contributed by atoms with E-state index in [2.05, 4.69) is 10.1 Å². The van der Waals surface area contributed by atoms with Gasteiger partial charge in [-0.3, -0.25) is 19.8 Å². The average Bonchev–Trinajstić information content (AvgIpc) is 2.80. The highest BCUT2D eigenvalue weighted by atomic mass is 16.6. The molecule has 0 amide bonds. The van der Waals surface area contributed by atoms with Crippen LogP contribution in [0.25, 0.3) is 10.9 Å². The van der Waals surface area contributed by atoms with Gasteiger partial charge < -0.3 is 0 Å². The first kappa shape index (κ1) is 11.3. The summed E-state index contributed by atoms with van der Waals surface area (Å²) < 4.78 is 1.73. The Morgan fingerprint density at radius 2 is 2.16 bits per heavy atom. The van der Waals surface area contributed by atoms with E-state index in [1.807, 2.05) is 18.2 Å². The molecule has 3 rings (SSSR count). The van der Waals surface area contributed by atoms with Gasteiger partial charge >= 0.3 is 0 Å². The third-order valence-corrected chi connectivity index (χ3v) is 2.80. The predicted molar refractivity (Wildman–Crippen MR) is 69.7 cm³/mol. The molecule has 0 bridgehead atoms. The summed E-state index contributed by atoms with van der Waals surface area (Å²) in [6.07, 6.45) is 3.51. The van der Waals surface area contributed by atoms with Crippen LogP contribution in [0.1, 0.15) is 5.69 Å². The van der Waals surface area contributed by atoms with Crippen molar-refractivity contribution in [3.05, 3.63) is 64.6 Å². The normalized spacial score (nSPS) is 10.7. The number of aromatic nitrogens is 3. The van der Waals surface area contributed by atoms with E-state index >= 15 is 0 Å². The molecule has 0 saturated carbocycles. The Balaban J connectivity index is 1.95. The van der Waals surface area contributed by atoms with Gasteiger partial charge in [0.05, 0.1) is 22.7 Å². The summed E-state index contributed by atoms with van der Waals surface area (Å²) in [4.78, 5) is 14.5. The zero-order valence-electron chi connectivity index (χ0n) is 9.93. The van der Waals surface area contributed by atoms with Gasteiger partial charge in [0, 0.05) is 29.9 Å². The molecule has 6 nitrogen and oxygen atoms in total. The van der Waals surface area contributed by atoms with E-state index in [1.165, 1.54) is 12.1 Å². The Morgan fingerprint density at radius 3 is 2.89 bits per heavy atom. The zero-order chi connectivity index (χ0) is 13.2. The fourth-order valence-electron chi connectivity index (χ4n) is 1.92. The second kappa shape index (κ2) is 4.49. The summed E-state index contributed by atoms with van der Waals surface area (Å²) in [6, 6.07) is 10.3. The number of non-ortho nitro benzene ring substituents is 1. The third kappa shape index (κ3) is 2.28. The first-order valence-electron chi connectivity index (χ1n) is 5.74. The Hall–Kier alpha value is -2.76. The molecular formula is C13H10N4O2. The van der Waals surface area contributed by atoms with Crippen LogP contribution in [-0.2, 0) is 6.54 Å². The van der Waals surface area contributed by atoms with Crippen molar-refractivity contribution < 1.29 is 4.92 Å². The quantitative estimate of drug-likeness (QED) is 0.531. The van der Waals surface area contributed by atoms with Crippen molar-refractivity contribution in [2.75, 3.05) is 0 Å². The third-order valence-electron chi connectivity index (χ3n) is 2.80. The van der Waals surface area contributed by atoms with Crippen molar-refractivity contribution >= 4 is 16.6 Å². The molecule has 0 fully saturated rings. The lowest BCUT2D eigenvalue weighted by molar-refractivity contribution is -0.384. The SMILES string of the molecule is O=[N+]([O-])c1ccc2nn(Cc3ccccn3)cc2c1. The molecule has 3 aromatic rings. The number of hydrogen-bond acceptors (Lipinski definition) is 4. The summed E-state index contributed by atoms with van der Waals surface area (Å²) in [6.45, 7) is 0.545. The molecule has 0 radical (unpaired) electrons. The number of hydrogen-bond donors (Lipinski definition) is 0. The highest BCUT2D eigenvalue weighted by Crippen LogP contribution is 2.19. The maximum absolute atomic E-state index is 10.7. The maximum Gasteiger partial charge on any atom is 0.270 e. The number of pyridine rings is 1. The summed E-state index contributed by atoms with van der Waals surface area (Å²) >= 11 is 0. The van der Waals surface area contributed by atoms with Crippen molar-refractivity contribution in [2.45, 2.75) is 6.54 Å². The maximum atomic E-state index is 10.7. The predicted octanol–water partition coefficient (Wildman–Crippen LogP) is 2.39. The lowest BCUT2D eigenvalue weighted by Crippen LogP contribution is -2.01. The van der Waals surface area contributed by atoms with Crippen LogP contribution >= 0.6 is 0 Å². The molecular weight excluding hydrogens is 244 g/mol. The minimum atomic E-state index is -0.407. The van der Waals surface area contributed by atoms with Crippen LogP contribution in [0, 0.1) is 10.1 Å². The Labute approximate surface area is 108 Å².